The average Bonchev–Trinajstić information content (AvgIpc) is 2.89. The van der Waals surface area contributed by atoms with Gasteiger partial charge in [0.1, 0.15) is 29.7 Å². The monoisotopic (exact) mass is 546 g/mol. The standard InChI is InChI=1S/C29H33ClF2N2O4/c1-20(35)38-19-29(7-3-4-25-26-17-23(36-2)5-6-28(26)33-18-27(25)30)8-10-34(11-9-29)12-13-37-24-15-21(31)14-22(32)16-24/h5-6,14-18H,3-4,7-13,19H2,1-2H3. The van der Waals surface area contributed by atoms with Gasteiger partial charge in [-0.25, -0.2) is 8.78 Å². The van der Waals surface area contributed by atoms with Crippen molar-refractivity contribution in [2.45, 2.75) is 39.0 Å². The largest absolute Gasteiger partial charge is 0.497 e. The molecule has 6 nitrogen and oxygen atoms in total. The van der Waals surface area contributed by atoms with Crippen LogP contribution in [-0.2, 0) is 16.0 Å². The fourth-order valence-electron chi connectivity index (χ4n) is 5.10. The first-order chi connectivity index (χ1) is 18.3. The predicted molar refractivity (Wildman–Crippen MR) is 143 cm³/mol. The molecule has 2 aromatic carbocycles. The highest BCUT2D eigenvalue weighted by Gasteiger charge is 2.35. The topological polar surface area (TPSA) is 60.9 Å². The van der Waals surface area contributed by atoms with Crippen LogP contribution in [0, 0.1) is 17.0 Å². The van der Waals surface area contributed by atoms with Crippen molar-refractivity contribution in [2.75, 3.05) is 40.0 Å². The van der Waals surface area contributed by atoms with Crippen LogP contribution in [0.25, 0.3) is 10.9 Å². The molecule has 0 saturated carbocycles. The van der Waals surface area contributed by atoms with Crippen LogP contribution in [0.5, 0.6) is 11.5 Å². The van der Waals surface area contributed by atoms with Crippen molar-refractivity contribution in [2.24, 2.45) is 5.41 Å². The Labute approximate surface area is 226 Å². The molecule has 0 N–H and O–H groups in total. The van der Waals surface area contributed by atoms with Gasteiger partial charge in [0.05, 0.1) is 24.3 Å². The maximum absolute atomic E-state index is 13.4. The number of nitrogens with zero attached hydrogens (tertiary/aromatic N) is 2. The van der Waals surface area contributed by atoms with Crippen LogP contribution < -0.4 is 9.47 Å². The molecule has 4 rings (SSSR count). The second-order valence-corrected chi connectivity index (χ2v) is 10.3. The Balaban J connectivity index is 1.35. The summed E-state index contributed by atoms with van der Waals surface area (Å²) < 4.78 is 43.2. The molecule has 1 aliphatic heterocycles. The van der Waals surface area contributed by atoms with Crippen LogP contribution in [0.15, 0.2) is 42.6 Å². The number of carbonyl (C=O) groups excluding carboxylic acids is 1. The number of piperidine rings is 1. The number of likely N-dealkylation sites (tertiary alicyclic amines) is 1. The van der Waals surface area contributed by atoms with Gasteiger partial charge in [-0.1, -0.05) is 11.6 Å². The summed E-state index contributed by atoms with van der Waals surface area (Å²) >= 11 is 6.55. The van der Waals surface area contributed by atoms with Gasteiger partial charge in [0.15, 0.2) is 0 Å². The normalized spacial score (nSPS) is 15.4. The molecule has 1 saturated heterocycles. The SMILES string of the molecule is COc1ccc2ncc(Cl)c(CCCC3(COC(C)=O)CCN(CCOc4cc(F)cc(F)c4)CC3)c2c1. The molecule has 0 atom stereocenters. The molecule has 0 radical (unpaired) electrons. The van der Waals surface area contributed by atoms with Gasteiger partial charge >= 0.3 is 5.97 Å². The fraction of sp³-hybridized carbons (Fsp3) is 0.448. The lowest BCUT2D eigenvalue weighted by molar-refractivity contribution is -0.146. The highest BCUT2D eigenvalue weighted by molar-refractivity contribution is 6.32. The lowest BCUT2D eigenvalue weighted by Gasteiger charge is -2.41. The van der Waals surface area contributed by atoms with Crippen molar-refractivity contribution < 1.29 is 27.8 Å². The third-order valence-corrected chi connectivity index (χ3v) is 7.60. The summed E-state index contributed by atoms with van der Waals surface area (Å²) in [5, 5.41) is 1.62. The summed E-state index contributed by atoms with van der Waals surface area (Å²) in [4.78, 5) is 18.3. The van der Waals surface area contributed by atoms with E-state index in [1.165, 1.54) is 19.1 Å². The van der Waals surface area contributed by atoms with E-state index in [9.17, 15) is 13.6 Å². The second-order valence-electron chi connectivity index (χ2n) is 9.90. The summed E-state index contributed by atoms with van der Waals surface area (Å²) in [5.41, 5.74) is 1.79. The molecule has 38 heavy (non-hydrogen) atoms. The number of methoxy groups -OCH3 is 1. The summed E-state index contributed by atoms with van der Waals surface area (Å²) in [6.45, 7) is 4.43. The Morgan fingerprint density at radius 1 is 1.11 bits per heavy atom. The van der Waals surface area contributed by atoms with Crippen LogP contribution in [0.4, 0.5) is 8.78 Å². The molecule has 1 aromatic heterocycles. The van der Waals surface area contributed by atoms with Crippen molar-refractivity contribution in [3.05, 3.63) is 64.8 Å². The maximum Gasteiger partial charge on any atom is 0.302 e. The van der Waals surface area contributed by atoms with Crippen molar-refractivity contribution >= 4 is 28.5 Å². The molecule has 1 aliphatic rings. The van der Waals surface area contributed by atoms with Gasteiger partial charge < -0.3 is 14.2 Å². The Morgan fingerprint density at radius 3 is 2.53 bits per heavy atom. The van der Waals surface area contributed by atoms with E-state index in [-0.39, 0.29) is 17.1 Å². The molecular formula is C29H33ClF2N2O4. The van der Waals surface area contributed by atoms with Crippen molar-refractivity contribution in [3.8, 4) is 11.5 Å². The maximum atomic E-state index is 13.4. The van der Waals surface area contributed by atoms with Crippen LogP contribution in [0.3, 0.4) is 0 Å². The van der Waals surface area contributed by atoms with E-state index in [2.05, 4.69) is 9.88 Å². The number of carbonyl (C=O) groups is 1. The van der Waals surface area contributed by atoms with Gasteiger partial charge in [-0.05, 0) is 69.0 Å². The van der Waals surface area contributed by atoms with Gasteiger partial charge in [-0.2, -0.15) is 0 Å². The Bertz CT molecular complexity index is 1240. The minimum atomic E-state index is -0.659. The molecule has 3 aromatic rings. The molecule has 2 heterocycles. The Hall–Kier alpha value is -2.97. The van der Waals surface area contributed by atoms with Crippen LogP contribution in [0.2, 0.25) is 5.02 Å². The first-order valence-electron chi connectivity index (χ1n) is 12.8. The molecule has 0 unspecified atom stereocenters. The Kier molecular flexibility index (Phi) is 9.39. The van der Waals surface area contributed by atoms with Gasteiger partial charge in [0.25, 0.3) is 0 Å². The Morgan fingerprint density at radius 2 is 1.84 bits per heavy atom. The summed E-state index contributed by atoms with van der Waals surface area (Å²) in [5.74, 6) is -0.656. The highest BCUT2D eigenvalue weighted by Crippen LogP contribution is 2.38. The van der Waals surface area contributed by atoms with Crippen molar-refractivity contribution in [1.82, 2.24) is 9.88 Å². The third kappa shape index (κ3) is 7.32. The lowest BCUT2D eigenvalue weighted by Crippen LogP contribution is -2.44. The molecule has 9 heteroatoms. The van der Waals surface area contributed by atoms with Crippen molar-refractivity contribution in [3.63, 3.8) is 0 Å². The average molecular weight is 547 g/mol. The molecular weight excluding hydrogens is 514 g/mol. The molecule has 1 fully saturated rings. The molecule has 0 amide bonds. The lowest BCUT2D eigenvalue weighted by atomic mass is 9.75. The number of ether oxygens (including phenoxy) is 3. The number of halogens is 3. The molecule has 0 bridgehead atoms. The van der Waals surface area contributed by atoms with Crippen LogP contribution in [0.1, 0.15) is 38.2 Å². The quantitative estimate of drug-likeness (QED) is 0.266. The summed E-state index contributed by atoms with van der Waals surface area (Å²) in [7, 11) is 1.64. The van der Waals surface area contributed by atoms with Gasteiger partial charge in [-0.15, -0.1) is 0 Å². The smallest absolute Gasteiger partial charge is 0.302 e. The summed E-state index contributed by atoms with van der Waals surface area (Å²) in [6, 6.07) is 8.96. The van der Waals surface area contributed by atoms with Gasteiger partial charge in [0, 0.05) is 48.7 Å². The van der Waals surface area contributed by atoms with E-state index in [4.69, 9.17) is 25.8 Å². The predicted octanol–water partition coefficient (Wildman–Crippen LogP) is 6.22. The van der Waals surface area contributed by atoms with Crippen LogP contribution >= 0.6 is 11.6 Å². The van der Waals surface area contributed by atoms with E-state index < -0.39 is 11.6 Å². The number of hydrogen-bond acceptors (Lipinski definition) is 6. The first-order valence-corrected chi connectivity index (χ1v) is 13.2. The second kappa shape index (κ2) is 12.7. The number of esters is 1. The zero-order valence-electron chi connectivity index (χ0n) is 21.8. The zero-order chi connectivity index (χ0) is 27.1. The summed E-state index contributed by atoms with van der Waals surface area (Å²) in [6.07, 6.45) is 5.97. The molecule has 0 aliphatic carbocycles. The zero-order valence-corrected chi connectivity index (χ0v) is 22.5. The van der Waals surface area contributed by atoms with Crippen molar-refractivity contribution in [1.29, 1.82) is 0 Å². The molecule has 0 spiro atoms. The van der Waals surface area contributed by atoms with Crippen LogP contribution in [-0.4, -0.2) is 55.8 Å². The number of aryl methyl sites for hydroxylation is 1. The number of aromatic nitrogens is 1. The van der Waals surface area contributed by atoms with E-state index in [0.717, 1.165) is 73.5 Å². The highest BCUT2D eigenvalue weighted by atomic mass is 35.5. The van der Waals surface area contributed by atoms with E-state index in [0.29, 0.717) is 24.8 Å². The van der Waals surface area contributed by atoms with Gasteiger partial charge in [-0.3, -0.25) is 14.7 Å². The molecule has 204 valence electrons. The van der Waals surface area contributed by atoms with Gasteiger partial charge in [0.2, 0.25) is 0 Å². The first kappa shape index (κ1) is 28.0. The number of fused-ring (bicyclic) bond motifs is 1. The third-order valence-electron chi connectivity index (χ3n) is 7.28. The minimum absolute atomic E-state index is 0.123. The fourth-order valence-corrected chi connectivity index (χ4v) is 5.35. The minimum Gasteiger partial charge on any atom is -0.497 e. The van der Waals surface area contributed by atoms with E-state index in [1.807, 2.05) is 18.2 Å². The number of rotatable bonds is 11. The van der Waals surface area contributed by atoms with E-state index >= 15 is 0 Å². The number of benzene rings is 2. The van der Waals surface area contributed by atoms with E-state index in [1.54, 1.807) is 13.3 Å². The number of pyridine rings is 1. The number of hydrogen-bond donors (Lipinski definition) is 0.